The molecule has 0 fully saturated rings. The van der Waals surface area contributed by atoms with Gasteiger partial charge in [0.15, 0.2) is 5.76 Å². The van der Waals surface area contributed by atoms with Gasteiger partial charge in [-0.25, -0.2) is 5.43 Å². The monoisotopic (exact) mass is 487 g/mol. The number of hydrazone groups is 1. The highest BCUT2D eigenvalue weighted by Gasteiger charge is 2.34. The number of nitrogens with zero attached hydrogens (tertiary/aromatic N) is 2. The van der Waals surface area contributed by atoms with Crippen LogP contribution < -0.4 is 10.3 Å². The number of carbonyl (C=O) groups is 1. The number of benzene rings is 2. The summed E-state index contributed by atoms with van der Waals surface area (Å²) in [6, 6.07) is 11.3. The highest BCUT2D eigenvalue weighted by molar-refractivity contribution is 9.10. The second-order valence-electron chi connectivity index (χ2n) is 8.40. The van der Waals surface area contributed by atoms with Crippen LogP contribution in [0.5, 0.6) is 0 Å². The highest BCUT2D eigenvalue weighted by atomic mass is 79.9. The predicted molar refractivity (Wildman–Crippen MR) is 126 cm³/mol. The van der Waals surface area contributed by atoms with E-state index in [-0.39, 0.29) is 11.3 Å². The van der Waals surface area contributed by atoms with Gasteiger partial charge in [-0.15, -0.1) is 0 Å². The topological polar surface area (TPSA) is 57.8 Å². The number of nitrogens with one attached hydrogen (secondary N) is 1. The molecule has 1 amide bonds. The van der Waals surface area contributed by atoms with E-state index in [0.717, 1.165) is 27.5 Å². The number of halogens is 2. The van der Waals surface area contributed by atoms with E-state index in [1.165, 1.54) is 5.56 Å². The number of anilines is 1. The van der Waals surface area contributed by atoms with Gasteiger partial charge in [-0.3, -0.25) is 4.79 Å². The summed E-state index contributed by atoms with van der Waals surface area (Å²) in [7, 11) is 2.10. The molecule has 1 aliphatic rings. The Bertz CT molecular complexity index is 1170. The minimum atomic E-state index is -0.414. The molecule has 5 nitrogen and oxygen atoms in total. The van der Waals surface area contributed by atoms with E-state index in [0.29, 0.717) is 16.5 Å². The fourth-order valence-electron chi connectivity index (χ4n) is 4.05. The van der Waals surface area contributed by atoms with Crippen molar-refractivity contribution in [3.63, 3.8) is 0 Å². The van der Waals surface area contributed by atoms with Crippen LogP contribution in [0.2, 0.25) is 5.02 Å². The molecule has 0 radical (unpaired) electrons. The van der Waals surface area contributed by atoms with E-state index in [4.69, 9.17) is 16.0 Å². The lowest BCUT2D eigenvalue weighted by Gasteiger charge is -2.45. The van der Waals surface area contributed by atoms with Gasteiger partial charge in [-0.1, -0.05) is 34.5 Å². The first-order chi connectivity index (χ1) is 14.2. The van der Waals surface area contributed by atoms with Gasteiger partial charge in [0.25, 0.3) is 0 Å². The molecule has 0 bridgehead atoms. The minimum absolute atomic E-state index is 0.0709. The van der Waals surface area contributed by atoms with E-state index < -0.39 is 5.91 Å². The first-order valence-corrected chi connectivity index (χ1v) is 10.9. The van der Waals surface area contributed by atoms with Crippen molar-refractivity contribution in [2.75, 3.05) is 11.9 Å². The van der Waals surface area contributed by atoms with Crippen LogP contribution in [-0.2, 0) is 0 Å². The smallest absolute Gasteiger partial charge is 0.307 e. The van der Waals surface area contributed by atoms with Gasteiger partial charge in [0, 0.05) is 33.7 Å². The Labute approximate surface area is 189 Å². The molecule has 2 aromatic carbocycles. The van der Waals surface area contributed by atoms with E-state index in [2.05, 4.69) is 65.2 Å². The van der Waals surface area contributed by atoms with Crippen molar-refractivity contribution in [1.29, 1.82) is 0 Å². The van der Waals surface area contributed by atoms with Crippen LogP contribution in [0.4, 0.5) is 5.69 Å². The number of carbonyl (C=O) groups excluding carboxylic acids is 1. The number of furan rings is 1. The first-order valence-electron chi connectivity index (χ1n) is 9.75. The zero-order valence-electron chi connectivity index (χ0n) is 17.3. The summed E-state index contributed by atoms with van der Waals surface area (Å²) in [4.78, 5) is 14.7. The summed E-state index contributed by atoms with van der Waals surface area (Å²) in [6.07, 6.45) is 2.62. The third kappa shape index (κ3) is 3.86. The van der Waals surface area contributed by atoms with Gasteiger partial charge >= 0.3 is 5.91 Å². The average Bonchev–Trinajstić information content (AvgIpc) is 3.10. The number of fused-ring (bicyclic) bond motifs is 2. The molecule has 3 aromatic rings. The molecule has 156 valence electrons. The van der Waals surface area contributed by atoms with Crippen molar-refractivity contribution < 1.29 is 9.21 Å². The summed E-state index contributed by atoms with van der Waals surface area (Å²) in [5.74, 6) is 0.192. The maximum absolute atomic E-state index is 12.4. The van der Waals surface area contributed by atoms with Gasteiger partial charge in [0.1, 0.15) is 5.58 Å². The molecule has 1 atom stereocenters. The Morgan fingerprint density at radius 3 is 2.87 bits per heavy atom. The molecule has 1 aliphatic heterocycles. The summed E-state index contributed by atoms with van der Waals surface area (Å²) >= 11 is 9.93. The first kappa shape index (κ1) is 20.9. The standard InChI is InChI=1S/C23H23BrClN3O2/c1-13-11-23(2,3)28(4)19-10-18(25)15(8-17(13)19)12-26-27-22(29)21-9-14-7-16(24)5-6-20(14)30-21/h5-10,12-13H,11H2,1-4H3,(H,27,29)/b26-12+. The van der Waals surface area contributed by atoms with Gasteiger partial charge in [-0.05, 0) is 68.1 Å². The summed E-state index contributed by atoms with van der Waals surface area (Å²) < 4.78 is 6.52. The number of hydrogen-bond acceptors (Lipinski definition) is 4. The van der Waals surface area contributed by atoms with E-state index in [9.17, 15) is 4.79 Å². The molecule has 2 heterocycles. The van der Waals surface area contributed by atoms with Crippen molar-refractivity contribution >= 4 is 56.3 Å². The van der Waals surface area contributed by atoms with Crippen molar-refractivity contribution in [3.8, 4) is 0 Å². The lowest BCUT2D eigenvalue weighted by atomic mass is 9.80. The molecule has 4 rings (SSSR count). The molecule has 0 spiro atoms. The molecular weight excluding hydrogens is 466 g/mol. The Morgan fingerprint density at radius 1 is 1.33 bits per heavy atom. The van der Waals surface area contributed by atoms with Gasteiger partial charge in [-0.2, -0.15) is 5.10 Å². The second kappa shape index (κ2) is 7.75. The zero-order valence-corrected chi connectivity index (χ0v) is 19.6. The van der Waals surface area contributed by atoms with Crippen LogP contribution in [0.1, 0.15) is 54.8 Å². The quantitative estimate of drug-likeness (QED) is 0.346. The largest absolute Gasteiger partial charge is 0.451 e. The second-order valence-corrected chi connectivity index (χ2v) is 9.72. The van der Waals surface area contributed by atoms with Gasteiger partial charge in [0.2, 0.25) is 0 Å². The Hall–Kier alpha value is -2.31. The fraction of sp³-hybridized carbons (Fsp3) is 0.304. The lowest BCUT2D eigenvalue weighted by Crippen LogP contribution is -2.45. The molecule has 7 heteroatoms. The Morgan fingerprint density at radius 2 is 2.10 bits per heavy atom. The average molecular weight is 489 g/mol. The molecule has 1 unspecified atom stereocenters. The zero-order chi connectivity index (χ0) is 21.6. The van der Waals surface area contributed by atoms with Crippen LogP contribution in [0.3, 0.4) is 0 Å². The Balaban J connectivity index is 1.54. The summed E-state index contributed by atoms with van der Waals surface area (Å²) in [6.45, 7) is 6.70. The molecule has 0 saturated carbocycles. The van der Waals surface area contributed by atoms with Crippen LogP contribution in [-0.4, -0.2) is 24.7 Å². The van der Waals surface area contributed by atoms with Crippen molar-refractivity contribution in [1.82, 2.24) is 5.43 Å². The van der Waals surface area contributed by atoms with Crippen LogP contribution in [0, 0.1) is 0 Å². The molecular formula is C23H23BrClN3O2. The highest BCUT2D eigenvalue weighted by Crippen LogP contribution is 2.44. The van der Waals surface area contributed by atoms with Gasteiger partial charge in [0.05, 0.1) is 11.2 Å². The normalized spacial score (nSPS) is 18.1. The van der Waals surface area contributed by atoms with Crippen LogP contribution in [0.25, 0.3) is 11.0 Å². The lowest BCUT2D eigenvalue weighted by molar-refractivity contribution is 0.0929. The number of hydrogen-bond donors (Lipinski definition) is 1. The number of rotatable bonds is 3. The van der Waals surface area contributed by atoms with Crippen LogP contribution >= 0.6 is 27.5 Å². The van der Waals surface area contributed by atoms with Crippen molar-refractivity contribution in [3.05, 3.63) is 62.8 Å². The predicted octanol–water partition coefficient (Wildman–Crippen LogP) is 6.33. The molecule has 1 N–H and O–H groups in total. The van der Waals surface area contributed by atoms with E-state index >= 15 is 0 Å². The third-order valence-corrected chi connectivity index (χ3v) is 6.64. The summed E-state index contributed by atoms with van der Waals surface area (Å²) in [5, 5.41) is 5.54. The van der Waals surface area contributed by atoms with Crippen molar-refractivity contribution in [2.24, 2.45) is 5.10 Å². The molecule has 30 heavy (non-hydrogen) atoms. The molecule has 0 aliphatic carbocycles. The maximum Gasteiger partial charge on any atom is 0.307 e. The maximum atomic E-state index is 12.4. The van der Waals surface area contributed by atoms with E-state index in [1.807, 2.05) is 24.3 Å². The minimum Gasteiger partial charge on any atom is -0.451 e. The number of amides is 1. The van der Waals surface area contributed by atoms with Gasteiger partial charge < -0.3 is 9.32 Å². The van der Waals surface area contributed by atoms with Crippen LogP contribution in [0.15, 0.2) is 50.4 Å². The molecule has 1 aromatic heterocycles. The fourth-order valence-corrected chi connectivity index (χ4v) is 4.63. The summed E-state index contributed by atoms with van der Waals surface area (Å²) in [5.41, 5.74) is 6.37. The third-order valence-electron chi connectivity index (χ3n) is 5.82. The SMILES string of the molecule is CC1CC(C)(C)N(C)c2cc(Cl)c(/C=N/NC(=O)c3cc4cc(Br)ccc4o3)cc21. The van der Waals surface area contributed by atoms with Crippen molar-refractivity contribution in [2.45, 2.75) is 38.6 Å². The molecule has 0 saturated heterocycles. The Kier molecular flexibility index (Phi) is 5.41. The van der Waals surface area contributed by atoms with E-state index in [1.54, 1.807) is 12.3 Å².